The maximum absolute atomic E-state index is 4.57. The summed E-state index contributed by atoms with van der Waals surface area (Å²) < 4.78 is 2.13. The van der Waals surface area contributed by atoms with Crippen LogP contribution in [0, 0.1) is 5.41 Å². The third-order valence-electron chi connectivity index (χ3n) is 5.98. The highest BCUT2D eigenvalue weighted by Gasteiger charge is 2.36. The normalized spacial score (nSPS) is 21.4. The topological polar surface area (TPSA) is 58.3 Å². The van der Waals surface area contributed by atoms with Crippen molar-refractivity contribution < 1.29 is 0 Å². The summed E-state index contributed by atoms with van der Waals surface area (Å²) in [5.41, 5.74) is 0.538. The Morgan fingerprint density at radius 1 is 1.20 bits per heavy atom. The predicted octanol–water partition coefficient (Wildman–Crippen LogP) is 2.85. The molecular weight excluding hydrogens is 312 g/mol. The zero-order valence-corrected chi connectivity index (χ0v) is 16.0. The van der Waals surface area contributed by atoms with Crippen molar-refractivity contribution in [3.63, 3.8) is 0 Å². The van der Waals surface area contributed by atoms with E-state index in [0.717, 1.165) is 37.8 Å². The first kappa shape index (κ1) is 18.2. The zero-order chi connectivity index (χ0) is 17.5. The van der Waals surface area contributed by atoms with Crippen LogP contribution >= 0.6 is 0 Å². The molecule has 1 N–H and O–H groups in total. The molecule has 1 aromatic heterocycles. The van der Waals surface area contributed by atoms with E-state index in [1.54, 1.807) is 0 Å². The molecule has 0 amide bonds. The van der Waals surface area contributed by atoms with E-state index in [9.17, 15) is 0 Å². The fraction of sp³-hybridized carbons (Fsp3) is 0.842. The molecule has 1 aliphatic heterocycles. The van der Waals surface area contributed by atoms with E-state index < -0.39 is 0 Å². The Hall–Kier alpha value is -1.59. The predicted molar refractivity (Wildman–Crippen MR) is 102 cm³/mol. The van der Waals surface area contributed by atoms with Gasteiger partial charge in [-0.05, 0) is 31.1 Å². The van der Waals surface area contributed by atoms with Gasteiger partial charge >= 0.3 is 0 Å². The minimum atomic E-state index is 0.538. The van der Waals surface area contributed by atoms with Gasteiger partial charge < -0.3 is 14.8 Å². The Labute approximate surface area is 152 Å². The third-order valence-corrected chi connectivity index (χ3v) is 5.98. The van der Waals surface area contributed by atoms with Crippen LogP contribution in [0.1, 0.15) is 64.1 Å². The van der Waals surface area contributed by atoms with E-state index in [-0.39, 0.29) is 0 Å². The smallest absolute Gasteiger partial charge is 0.193 e. The second-order valence-electron chi connectivity index (χ2n) is 7.71. The highest BCUT2D eigenvalue weighted by atomic mass is 15.3. The fourth-order valence-electron chi connectivity index (χ4n) is 4.64. The van der Waals surface area contributed by atoms with Crippen molar-refractivity contribution in [1.29, 1.82) is 0 Å². The summed E-state index contributed by atoms with van der Waals surface area (Å²) in [5.74, 6) is 2.11. The minimum absolute atomic E-state index is 0.538. The van der Waals surface area contributed by atoms with Gasteiger partial charge in [0.1, 0.15) is 12.2 Å². The van der Waals surface area contributed by atoms with Crippen molar-refractivity contribution in [2.24, 2.45) is 10.4 Å². The van der Waals surface area contributed by atoms with Gasteiger partial charge in [-0.1, -0.05) is 32.6 Å². The van der Waals surface area contributed by atoms with Gasteiger partial charge in [0.2, 0.25) is 0 Å². The van der Waals surface area contributed by atoms with Crippen LogP contribution in [-0.2, 0) is 13.0 Å². The van der Waals surface area contributed by atoms with Gasteiger partial charge in [-0.25, -0.2) is 0 Å². The molecule has 0 unspecified atom stereocenters. The SMILES string of the molecule is CCc1nncn1CCNC(=NC)N1CCCC2(CCCCCC2)C1. The fourth-order valence-corrected chi connectivity index (χ4v) is 4.64. The monoisotopic (exact) mass is 346 g/mol. The number of piperidine rings is 1. The summed E-state index contributed by atoms with van der Waals surface area (Å²) in [4.78, 5) is 7.07. The lowest BCUT2D eigenvalue weighted by Crippen LogP contribution is -2.51. The van der Waals surface area contributed by atoms with Crippen LogP contribution in [-0.4, -0.2) is 52.3 Å². The van der Waals surface area contributed by atoms with Gasteiger partial charge in [-0.15, -0.1) is 10.2 Å². The molecule has 6 nitrogen and oxygen atoms in total. The first-order valence-electron chi connectivity index (χ1n) is 10.1. The van der Waals surface area contributed by atoms with Crippen LogP contribution in [0.3, 0.4) is 0 Å². The van der Waals surface area contributed by atoms with E-state index in [2.05, 4.69) is 36.9 Å². The molecule has 6 heteroatoms. The molecule has 1 spiro atoms. The Bertz CT molecular complexity index is 556. The van der Waals surface area contributed by atoms with Gasteiger partial charge in [-0.2, -0.15) is 0 Å². The number of likely N-dealkylation sites (tertiary alicyclic amines) is 1. The summed E-state index contributed by atoms with van der Waals surface area (Å²) in [6.07, 6.45) is 13.9. The Balaban J connectivity index is 1.55. The van der Waals surface area contributed by atoms with E-state index in [1.165, 1.54) is 57.9 Å². The highest BCUT2D eigenvalue weighted by molar-refractivity contribution is 5.80. The van der Waals surface area contributed by atoms with Crippen molar-refractivity contribution in [1.82, 2.24) is 25.0 Å². The minimum Gasteiger partial charge on any atom is -0.354 e. The van der Waals surface area contributed by atoms with Gasteiger partial charge in [0.15, 0.2) is 5.96 Å². The van der Waals surface area contributed by atoms with Crippen molar-refractivity contribution >= 4 is 5.96 Å². The van der Waals surface area contributed by atoms with Crippen LogP contribution in [0.5, 0.6) is 0 Å². The number of hydrogen-bond donors (Lipinski definition) is 1. The zero-order valence-electron chi connectivity index (χ0n) is 16.0. The molecule has 2 heterocycles. The molecule has 0 aromatic carbocycles. The molecule has 1 aliphatic carbocycles. The van der Waals surface area contributed by atoms with E-state index in [1.807, 2.05) is 13.4 Å². The molecule has 25 heavy (non-hydrogen) atoms. The second-order valence-corrected chi connectivity index (χ2v) is 7.71. The number of rotatable bonds is 4. The second kappa shape index (κ2) is 8.68. The average Bonchev–Trinajstić information content (AvgIpc) is 2.98. The summed E-state index contributed by atoms with van der Waals surface area (Å²) in [6.45, 7) is 6.18. The number of guanidine groups is 1. The molecule has 2 fully saturated rings. The molecule has 1 saturated heterocycles. The van der Waals surface area contributed by atoms with Crippen molar-refractivity contribution in [2.45, 2.75) is 71.3 Å². The Morgan fingerprint density at radius 3 is 2.68 bits per heavy atom. The molecule has 3 rings (SSSR count). The summed E-state index contributed by atoms with van der Waals surface area (Å²) in [7, 11) is 1.91. The van der Waals surface area contributed by atoms with Crippen LogP contribution in [0.4, 0.5) is 0 Å². The number of nitrogens with zero attached hydrogens (tertiary/aromatic N) is 5. The van der Waals surface area contributed by atoms with Crippen LogP contribution in [0.2, 0.25) is 0 Å². The average molecular weight is 347 g/mol. The number of aryl methyl sites for hydroxylation is 1. The highest BCUT2D eigenvalue weighted by Crippen LogP contribution is 2.42. The Kier molecular flexibility index (Phi) is 6.32. The van der Waals surface area contributed by atoms with Crippen LogP contribution in [0.15, 0.2) is 11.3 Å². The van der Waals surface area contributed by atoms with Crippen LogP contribution in [0.25, 0.3) is 0 Å². The van der Waals surface area contributed by atoms with E-state index >= 15 is 0 Å². The lowest BCUT2D eigenvalue weighted by atomic mass is 9.74. The number of nitrogens with one attached hydrogen (secondary N) is 1. The number of hydrogen-bond acceptors (Lipinski definition) is 3. The first-order valence-corrected chi connectivity index (χ1v) is 10.1. The molecule has 1 saturated carbocycles. The van der Waals surface area contributed by atoms with Crippen molar-refractivity contribution in [2.75, 3.05) is 26.7 Å². The molecule has 140 valence electrons. The summed E-state index contributed by atoms with van der Waals surface area (Å²) >= 11 is 0. The third kappa shape index (κ3) is 4.53. The van der Waals surface area contributed by atoms with Crippen molar-refractivity contribution in [3.8, 4) is 0 Å². The lowest BCUT2D eigenvalue weighted by Gasteiger charge is -2.44. The Morgan fingerprint density at radius 2 is 1.96 bits per heavy atom. The van der Waals surface area contributed by atoms with Gasteiger partial charge in [0, 0.05) is 39.6 Å². The standard InChI is InChI=1S/C19H34N6/c1-3-17-23-22-16-25(17)14-12-21-18(20-2)24-13-8-11-19(15-24)9-6-4-5-7-10-19/h16H,3-15H2,1-2H3,(H,20,21). The maximum atomic E-state index is 4.57. The van der Waals surface area contributed by atoms with Crippen molar-refractivity contribution in [3.05, 3.63) is 12.2 Å². The molecule has 2 aliphatic rings. The van der Waals surface area contributed by atoms with E-state index in [4.69, 9.17) is 0 Å². The van der Waals surface area contributed by atoms with Gasteiger partial charge in [0.05, 0.1) is 0 Å². The quantitative estimate of drug-likeness (QED) is 0.673. The molecule has 0 radical (unpaired) electrons. The molecule has 0 atom stereocenters. The van der Waals surface area contributed by atoms with Crippen LogP contribution < -0.4 is 5.32 Å². The number of aliphatic imine (C=N–C) groups is 1. The molecular formula is C19H34N6. The summed E-state index contributed by atoms with van der Waals surface area (Å²) in [6, 6.07) is 0. The number of aromatic nitrogens is 3. The lowest BCUT2D eigenvalue weighted by molar-refractivity contribution is 0.115. The molecule has 1 aromatic rings. The molecule has 0 bridgehead atoms. The largest absolute Gasteiger partial charge is 0.354 e. The first-order chi connectivity index (χ1) is 12.3. The van der Waals surface area contributed by atoms with E-state index in [0.29, 0.717) is 5.41 Å². The van der Waals surface area contributed by atoms with Gasteiger partial charge in [0.25, 0.3) is 0 Å². The van der Waals surface area contributed by atoms with Gasteiger partial charge in [-0.3, -0.25) is 4.99 Å². The maximum Gasteiger partial charge on any atom is 0.193 e. The summed E-state index contributed by atoms with van der Waals surface area (Å²) in [5, 5.41) is 11.7.